The van der Waals surface area contributed by atoms with Crippen LogP contribution in [-0.4, -0.2) is 24.3 Å². The van der Waals surface area contributed by atoms with E-state index in [2.05, 4.69) is 29.4 Å². The lowest BCUT2D eigenvalue weighted by molar-refractivity contribution is -0.118. The number of amides is 1. The van der Waals surface area contributed by atoms with Crippen LogP contribution in [0.3, 0.4) is 0 Å². The van der Waals surface area contributed by atoms with Gasteiger partial charge in [0.2, 0.25) is 0 Å². The van der Waals surface area contributed by atoms with Crippen LogP contribution in [0.1, 0.15) is 57.9 Å². The summed E-state index contributed by atoms with van der Waals surface area (Å²) < 4.78 is 6.12. The van der Waals surface area contributed by atoms with Gasteiger partial charge in [-0.05, 0) is 69.1 Å². The van der Waals surface area contributed by atoms with Gasteiger partial charge in [-0.1, -0.05) is 37.1 Å². The Bertz CT molecular complexity index is 902. The Kier molecular flexibility index (Phi) is 8.31. The highest BCUT2D eigenvalue weighted by atomic mass is 35.5. The molecule has 2 aliphatic rings. The van der Waals surface area contributed by atoms with Gasteiger partial charge in [0.25, 0.3) is 5.91 Å². The quantitative estimate of drug-likeness (QED) is 0.423. The number of carbonyl (C=O) groups is 1. The molecule has 6 heteroatoms. The van der Waals surface area contributed by atoms with E-state index in [0.29, 0.717) is 33.9 Å². The molecule has 0 radical (unpaired) electrons. The molecule has 164 valence electrons. The lowest BCUT2D eigenvalue weighted by Crippen LogP contribution is -2.34. The summed E-state index contributed by atoms with van der Waals surface area (Å²) >= 11 is 6.11. The molecular weight excluding hydrogens is 410 g/mol. The first-order valence-electron chi connectivity index (χ1n) is 11.1. The number of carbonyl (C=O) groups excluding carboxylic acids is 1. The van der Waals surface area contributed by atoms with Crippen LogP contribution < -0.4 is 10.1 Å². The molecule has 31 heavy (non-hydrogen) atoms. The van der Waals surface area contributed by atoms with Gasteiger partial charge in [0, 0.05) is 18.3 Å². The Balaban J connectivity index is 1.47. The molecule has 0 saturated heterocycles. The van der Waals surface area contributed by atoms with E-state index in [-0.39, 0.29) is 18.1 Å². The molecule has 3 rings (SSSR count). The molecule has 2 aliphatic carbocycles. The third-order valence-corrected chi connectivity index (χ3v) is 6.38. The molecule has 0 aromatic heterocycles. The number of allylic oxidation sites excluding steroid dienone is 3. The lowest BCUT2D eigenvalue weighted by Gasteiger charge is -2.18. The van der Waals surface area contributed by atoms with Gasteiger partial charge in [0.15, 0.2) is 0 Å². The van der Waals surface area contributed by atoms with Crippen LogP contribution in [-0.2, 0) is 4.79 Å². The molecule has 2 unspecified atom stereocenters. The first-order valence-corrected chi connectivity index (χ1v) is 11.4. The molecular formula is C25H30ClN3O2. The zero-order valence-corrected chi connectivity index (χ0v) is 18.9. The highest BCUT2D eigenvalue weighted by Gasteiger charge is 2.43. The second-order valence-electron chi connectivity index (χ2n) is 8.30. The molecule has 2 fully saturated rings. The first-order chi connectivity index (χ1) is 15.0. The number of fused-ring (bicyclic) bond motifs is 1. The third-order valence-electron chi connectivity index (χ3n) is 6.07. The van der Waals surface area contributed by atoms with Crippen molar-refractivity contribution < 1.29 is 9.53 Å². The van der Waals surface area contributed by atoms with Crippen LogP contribution in [0, 0.1) is 23.2 Å². The summed E-state index contributed by atoms with van der Waals surface area (Å²) in [5.41, 5.74) is 0.912. The highest BCUT2D eigenvalue weighted by Crippen LogP contribution is 2.45. The van der Waals surface area contributed by atoms with Gasteiger partial charge in [0.1, 0.15) is 17.5 Å². The SMILES string of the molecule is C\C=C(/N=C\C=C/CCC)C(=O)NC1CC2CC(Oc3ccc(C#N)c(Cl)c3)CC2C1. The Morgan fingerprint density at radius 1 is 1.32 bits per heavy atom. The van der Waals surface area contributed by atoms with Crippen LogP contribution in [0.2, 0.25) is 5.02 Å². The number of rotatable bonds is 8. The maximum atomic E-state index is 12.6. The summed E-state index contributed by atoms with van der Waals surface area (Å²) in [5, 5.41) is 12.6. The van der Waals surface area contributed by atoms with E-state index in [1.807, 2.05) is 13.0 Å². The molecule has 1 amide bonds. The van der Waals surface area contributed by atoms with E-state index in [4.69, 9.17) is 21.6 Å². The number of hydrogen-bond donors (Lipinski definition) is 1. The second kappa shape index (κ2) is 11.2. The zero-order chi connectivity index (χ0) is 22.2. The Morgan fingerprint density at radius 3 is 2.68 bits per heavy atom. The normalized spacial score (nSPS) is 25.7. The molecule has 5 nitrogen and oxygen atoms in total. The number of benzene rings is 1. The van der Waals surface area contributed by atoms with Crippen molar-refractivity contribution in [3.8, 4) is 11.8 Å². The van der Waals surface area contributed by atoms with Gasteiger partial charge in [0.05, 0.1) is 16.7 Å². The minimum atomic E-state index is -0.104. The van der Waals surface area contributed by atoms with Crippen LogP contribution in [0.5, 0.6) is 5.75 Å². The standard InChI is InChI=1S/C25H30ClN3O2/c1-3-5-6-7-10-28-24(4-2)25(30)29-20-11-18-13-22(14-19(18)12-20)31-21-9-8-17(16-27)23(26)15-21/h4,6-10,15,18-20,22H,3,5,11-14H2,1-2H3,(H,29,30)/b7-6-,24-4-,28-10-. The van der Waals surface area contributed by atoms with Gasteiger partial charge in [-0.25, -0.2) is 0 Å². The number of ether oxygens (including phenoxy) is 1. The van der Waals surface area contributed by atoms with Crippen LogP contribution >= 0.6 is 11.6 Å². The van der Waals surface area contributed by atoms with Crippen LogP contribution in [0.4, 0.5) is 0 Å². The fourth-order valence-corrected chi connectivity index (χ4v) is 4.81. The van der Waals surface area contributed by atoms with Crippen molar-refractivity contribution in [1.82, 2.24) is 5.32 Å². The monoisotopic (exact) mass is 439 g/mol. The average Bonchev–Trinajstić information content (AvgIpc) is 3.28. The predicted molar refractivity (Wildman–Crippen MR) is 124 cm³/mol. The molecule has 0 bridgehead atoms. The Morgan fingerprint density at radius 2 is 2.06 bits per heavy atom. The summed E-state index contributed by atoms with van der Waals surface area (Å²) in [6.45, 7) is 3.96. The van der Waals surface area contributed by atoms with E-state index in [1.165, 1.54) is 0 Å². The van der Waals surface area contributed by atoms with E-state index >= 15 is 0 Å². The van der Waals surface area contributed by atoms with E-state index in [9.17, 15) is 4.79 Å². The summed E-state index contributed by atoms with van der Waals surface area (Å²) in [6, 6.07) is 7.46. The summed E-state index contributed by atoms with van der Waals surface area (Å²) in [4.78, 5) is 16.9. The Labute approximate surface area is 189 Å². The van der Waals surface area contributed by atoms with Crippen molar-refractivity contribution >= 4 is 23.7 Å². The van der Waals surface area contributed by atoms with Gasteiger partial charge in [-0.3, -0.25) is 9.79 Å². The molecule has 1 aromatic carbocycles. The van der Waals surface area contributed by atoms with E-state index in [0.717, 1.165) is 38.5 Å². The van der Waals surface area contributed by atoms with Gasteiger partial charge in [-0.2, -0.15) is 5.26 Å². The summed E-state index contributed by atoms with van der Waals surface area (Å²) in [7, 11) is 0. The van der Waals surface area contributed by atoms with Crippen molar-refractivity contribution in [2.24, 2.45) is 16.8 Å². The molecule has 0 spiro atoms. The maximum absolute atomic E-state index is 12.6. The smallest absolute Gasteiger partial charge is 0.269 e. The zero-order valence-electron chi connectivity index (χ0n) is 18.2. The largest absolute Gasteiger partial charge is 0.490 e. The van der Waals surface area contributed by atoms with Crippen molar-refractivity contribution in [2.75, 3.05) is 0 Å². The molecule has 2 saturated carbocycles. The summed E-state index contributed by atoms with van der Waals surface area (Å²) in [5.74, 6) is 1.72. The van der Waals surface area contributed by atoms with Gasteiger partial charge >= 0.3 is 0 Å². The number of halogens is 1. The van der Waals surface area contributed by atoms with E-state index < -0.39 is 0 Å². The number of hydrogen-bond acceptors (Lipinski definition) is 4. The topological polar surface area (TPSA) is 74.5 Å². The van der Waals surface area contributed by atoms with Gasteiger partial charge < -0.3 is 10.1 Å². The van der Waals surface area contributed by atoms with Crippen molar-refractivity contribution in [3.05, 3.63) is 52.7 Å². The molecule has 1 aromatic rings. The number of nitriles is 1. The number of unbranched alkanes of at least 4 members (excludes halogenated alkanes) is 1. The third kappa shape index (κ3) is 6.21. The first kappa shape index (κ1) is 23.1. The minimum Gasteiger partial charge on any atom is -0.490 e. The highest BCUT2D eigenvalue weighted by molar-refractivity contribution is 6.31. The van der Waals surface area contributed by atoms with Crippen molar-refractivity contribution in [3.63, 3.8) is 0 Å². The average molecular weight is 440 g/mol. The summed E-state index contributed by atoms with van der Waals surface area (Å²) in [6.07, 6.45) is 13.5. The molecule has 0 aliphatic heterocycles. The number of aliphatic imine (C=N–C) groups is 1. The van der Waals surface area contributed by atoms with Gasteiger partial charge in [-0.15, -0.1) is 0 Å². The Hall–Kier alpha value is -2.58. The fourth-order valence-electron chi connectivity index (χ4n) is 4.60. The lowest BCUT2D eigenvalue weighted by atomic mass is 10.0. The van der Waals surface area contributed by atoms with E-state index in [1.54, 1.807) is 30.5 Å². The maximum Gasteiger partial charge on any atom is 0.269 e. The van der Waals surface area contributed by atoms with Crippen LogP contribution in [0.15, 0.2) is 47.1 Å². The molecule has 2 atom stereocenters. The molecule has 0 heterocycles. The van der Waals surface area contributed by atoms with Crippen molar-refractivity contribution in [1.29, 1.82) is 5.26 Å². The molecule has 1 N–H and O–H groups in total. The number of nitrogens with zero attached hydrogens (tertiary/aromatic N) is 2. The second-order valence-corrected chi connectivity index (χ2v) is 8.70. The number of nitrogens with one attached hydrogen (secondary N) is 1. The van der Waals surface area contributed by atoms with Crippen LogP contribution in [0.25, 0.3) is 0 Å². The fraction of sp³-hybridized carbons (Fsp3) is 0.480. The minimum absolute atomic E-state index is 0.104. The predicted octanol–water partition coefficient (Wildman–Crippen LogP) is 5.59. The van der Waals surface area contributed by atoms with Crippen molar-refractivity contribution in [2.45, 2.75) is 64.5 Å².